The van der Waals surface area contributed by atoms with Crippen molar-refractivity contribution in [2.45, 2.75) is 6.92 Å². The summed E-state index contributed by atoms with van der Waals surface area (Å²) in [5, 5.41) is 11.9. The van der Waals surface area contributed by atoms with Crippen LogP contribution >= 0.6 is 11.6 Å². The second-order valence-electron chi connectivity index (χ2n) is 3.34. The Balaban J connectivity index is 2.67. The van der Waals surface area contributed by atoms with E-state index >= 15 is 0 Å². The van der Waals surface area contributed by atoms with Crippen molar-refractivity contribution in [3.8, 4) is 5.75 Å². The summed E-state index contributed by atoms with van der Waals surface area (Å²) in [5.41, 5.74) is 0.509. The number of fused-ring (bicyclic) bond motifs is 1. The van der Waals surface area contributed by atoms with Crippen LogP contribution in [0.1, 0.15) is 6.92 Å². The van der Waals surface area contributed by atoms with E-state index in [1.54, 1.807) is 19.1 Å². The van der Waals surface area contributed by atoms with Gasteiger partial charge >= 0.3 is 5.69 Å². The fraction of sp³-hybridized carbons (Fsp3) is 0.182. The minimum atomic E-state index is -0.473. The third-order valence-electron chi connectivity index (χ3n) is 2.23. The third kappa shape index (κ3) is 2.29. The van der Waals surface area contributed by atoms with Gasteiger partial charge in [-0.1, -0.05) is 11.6 Å². The summed E-state index contributed by atoms with van der Waals surface area (Å²) in [6.07, 6.45) is 0. The van der Waals surface area contributed by atoms with Gasteiger partial charge in [0.2, 0.25) is 0 Å². The van der Waals surface area contributed by atoms with E-state index in [0.717, 1.165) is 0 Å². The largest absolute Gasteiger partial charge is 0.487 e. The lowest BCUT2D eigenvalue weighted by molar-refractivity contribution is -0.385. The molecule has 6 heteroatoms. The quantitative estimate of drug-likeness (QED) is 0.478. The molecule has 0 unspecified atom stereocenters. The van der Waals surface area contributed by atoms with Gasteiger partial charge in [0, 0.05) is 17.5 Å². The number of aromatic nitrogens is 1. The number of hydrogen-bond donors (Lipinski definition) is 0. The predicted molar refractivity (Wildman–Crippen MR) is 64.6 cm³/mol. The van der Waals surface area contributed by atoms with Crippen LogP contribution in [0.2, 0.25) is 5.15 Å². The molecule has 0 amide bonds. The number of nitrogens with zero attached hydrogens (tertiary/aromatic N) is 2. The number of pyridine rings is 1. The number of halogens is 1. The lowest BCUT2D eigenvalue weighted by Gasteiger charge is -2.05. The Hall–Kier alpha value is -1.88. The fourth-order valence-corrected chi connectivity index (χ4v) is 1.68. The van der Waals surface area contributed by atoms with E-state index in [-0.39, 0.29) is 11.4 Å². The monoisotopic (exact) mass is 252 g/mol. The Morgan fingerprint density at radius 1 is 1.47 bits per heavy atom. The van der Waals surface area contributed by atoms with Crippen molar-refractivity contribution in [3.63, 3.8) is 0 Å². The lowest BCUT2D eigenvalue weighted by Crippen LogP contribution is -1.98. The molecular weight excluding hydrogens is 244 g/mol. The highest BCUT2D eigenvalue weighted by atomic mass is 35.5. The van der Waals surface area contributed by atoms with Gasteiger partial charge in [-0.2, -0.15) is 0 Å². The molecule has 2 rings (SSSR count). The molecule has 1 aromatic carbocycles. The van der Waals surface area contributed by atoms with Crippen molar-refractivity contribution in [3.05, 3.63) is 39.5 Å². The Labute approximate surface area is 102 Å². The number of benzene rings is 1. The maximum Gasteiger partial charge on any atom is 0.311 e. The molecule has 1 aromatic heterocycles. The standard InChI is InChI=1S/C11H9ClN2O3/c1-2-17-10-6-8-7(3-4-11(12)13-8)5-9(10)14(15)16/h3-6H,2H2,1H3. The lowest BCUT2D eigenvalue weighted by atomic mass is 10.2. The number of nitro benzene ring substituents is 1. The maximum atomic E-state index is 10.9. The molecule has 0 bridgehead atoms. The van der Waals surface area contributed by atoms with Crippen LogP contribution in [0.25, 0.3) is 10.9 Å². The zero-order valence-electron chi connectivity index (χ0n) is 9.01. The summed E-state index contributed by atoms with van der Waals surface area (Å²) in [6.45, 7) is 2.12. The van der Waals surface area contributed by atoms with Gasteiger partial charge in [0.25, 0.3) is 0 Å². The van der Waals surface area contributed by atoms with Crippen LogP contribution in [-0.2, 0) is 0 Å². The molecule has 0 atom stereocenters. The van der Waals surface area contributed by atoms with Crippen LogP contribution in [0.3, 0.4) is 0 Å². The van der Waals surface area contributed by atoms with E-state index in [1.165, 1.54) is 12.1 Å². The summed E-state index contributed by atoms with van der Waals surface area (Å²) < 4.78 is 5.22. The average Bonchev–Trinajstić information content (AvgIpc) is 2.28. The van der Waals surface area contributed by atoms with E-state index in [0.29, 0.717) is 22.7 Å². The number of nitro groups is 1. The van der Waals surface area contributed by atoms with E-state index in [4.69, 9.17) is 16.3 Å². The van der Waals surface area contributed by atoms with E-state index in [1.807, 2.05) is 0 Å². The average molecular weight is 253 g/mol. The van der Waals surface area contributed by atoms with Crippen molar-refractivity contribution < 1.29 is 9.66 Å². The topological polar surface area (TPSA) is 65.3 Å². The van der Waals surface area contributed by atoms with Gasteiger partial charge in [0.15, 0.2) is 5.75 Å². The summed E-state index contributed by atoms with van der Waals surface area (Å²) >= 11 is 5.76. The van der Waals surface area contributed by atoms with Crippen molar-refractivity contribution in [1.29, 1.82) is 0 Å². The number of ether oxygens (including phenoxy) is 1. The van der Waals surface area contributed by atoms with Crippen LogP contribution in [0.15, 0.2) is 24.3 Å². The van der Waals surface area contributed by atoms with Crippen LogP contribution < -0.4 is 4.74 Å². The van der Waals surface area contributed by atoms with Crippen LogP contribution in [0.4, 0.5) is 5.69 Å². The summed E-state index contributed by atoms with van der Waals surface area (Å²) in [6, 6.07) is 6.24. The van der Waals surface area contributed by atoms with E-state index in [2.05, 4.69) is 4.98 Å². The molecule has 0 saturated heterocycles. The second-order valence-corrected chi connectivity index (χ2v) is 3.72. The smallest absolute Gasteiger partial charge is 0.311 e. The first-order valence-corrected chi connectivity index (χ1v) is 5.37. The van der Waals surface area contributed by atoms with Gasteiger partial charge in [0.1, 0.15) is 5.15 Å². The first kappa shape index (κ1) is 11.6. The first-order valence-electron chi connectivity index (χ1n) is 4.99. The maximum absolute atomic E-state index is 10.9. The molecule has 5 nitrogen and oxygen atoms in total. The van der Waals surface area contributed by atoms with Crippen LogP contribution in [0, 0.1) is 10.1 Å². The Morgan fingerprint density at radius 2 is 2.24 bits per heavy atom. The highest BCUT2D eigenvalue weighted by molar-refractivity contribution is 6.29. The molecule has 2 aromatic rings. The highest BCUT2D eigenvalue weighted by Gasteiger charge is 2.16. The minimum absolute atomic E-state index is 0.0662. The molecule has 0 spiro atoms. The predicted octanol–water partition coefficient (Wildman–Crippen LogP) is 3.20. The molecule has 0 aliphatic rings. The number of hydrogen-bond acceptors (Lipinski definition) is 4. The molecule has 0 aliphatic carbocycles. The van der Waals surface area contributed by atoms with Gasteiger partial charge in [-0.25, -0.2) is 4.98 Å². The molecule has 1 heterocycles. The summed E-state index contributed by atoms with van der Waals surface area (Å²) in [7, 11) is 0. The van der Waals surface area contributed by atoms with Crippen LogP contribution in [0.5, 0.6) is 5.75 Å². The molecule has 0 aliphatic heterocycles. The van der Waals surface area contributed by atoms with Gasteiger partial charge in [-0.05, 0) is 19.1 Å². The molecule has 0 saturated carbocycles. The van der Waals surface area contributed by atoms with Crippen LogP contribution in [-0.4, -0.2) is 16.5 Å². The molecule has 0 fully saturated rings. The number of rotatable bonds is 3. The van der Waals surface area contributed by atoms with Crippen molar-refractivity contribution in [1.82, 2.24) is 4.98 Å². The van der Waals surface area contributed by atoms with Gasteiger partial charge < -0.3 is 4.74 Å². The van der Waals surface area contributed by atoms with Crippen molar-refractivity contribution >= 4 is 28.2 Å². The summed E-state index contributed by atoms with van der Waals surface area (Å²) in [4.78, 5) is 14.5. The second kappa shape index (κ2) is 4.55. The SMILES string of the molecule is CCOc1cc2nc(Cl)ccc2cc1[N+](=O)[O-]. The Kier molecular flexibility index (Phi) is 3.10. The molecular formula is C11H9ClN2O3. The highest BCUT2D eigenvalue weighted by Crippen LogP contribution is 2.31. The molecule has 17 heavy (non-hydrogen) atoms. The molecule has 0 N–H and O–H groups in total. The molecule has 88 valence electrons. The van der Waals surface area contributed by atoms with E-state index in [9.17, 15) is 10.1 Å². The van der Waals surface area contributed by atoms with Gasteiger partial charge in [-0.3, -0.25) is 10.1 Å². The zero-order chi connectivity index (χ0) is 12.4. The van der Waals surface area contributed by atoms with Gasteiger partial charge in [-0.15, -0.1) is 0 Å². The van der Waals surface area contributed by atoms with E-state index < -0.39 is 4.92 Å². The van der Waals surface area contributed by atoms with Crippen molar-refractivity contribution in [2.24, 2.45) is 0 Å². The third-order valence-corrected chi connectivity index (χ3v) is 2.44. The molecule has 0 radical (unpaired) electrons. The Bertz CT molecular complexity index is 586. The Morgan fingerprint density at radius 3 is 2.88 bits per heavy atom. The summed E-state index contributed by atoms with van der Waals surface area (Å²) in [5.74, 6) is 0.208. The van der Waals surface area contributed by atoms with Gasteiger partial charge in [0.05, 0.1) is 17.0 Å². The first-order chi connectivity index (χ1) is 8.11. The normalized spacial score (nSPS) is 10.5. The van der Waals surface area contributed by atoms with Crippen molar-refractivity contribution in [2.75, 3.05) is 6.61 Å². The minimum Gasteiger partial charge on any atom is -0.487 e. The zero-order valence-corrected chi connectivity index (χ0v) is 9.77. The fourth-order valence-electron chi connectivity index (χ4n) is 1.53.